The van der Waals surface area contributed by atoms with Gasteiger partial charge in [-0.25, -0.2) is 0 Å². The second-order valence-corrected chi connectivity index (χ2v) is 13.0. The van der Waals surface area contributed by atoms with E-state index in [1.54, 1.807) is 6.92 Å². The third-order valence-corrected chi connectivity index (χ3v) is 5.52. The SMILES string of the molecule is CC(=O)OC(C)=C=C1CCC2(CC1CCCC#C[Si](C)(C)C)OCCO2. The lowest BCUT2D eigenvalue weighted by atomic mass is 9.78. The summed E-state index contributed by atoms with van der Waals surface area (Å²) in [6, 6.07) is 0. The average Bonchev–Trinajstić information content (AvgIpc) is 2.96. The van der Waals surface area contributed by atoms with Crippen LogP contribution in [0.3, 0.4) is 0 Å². The molecule has 1 heterocycles. The summed E-state index contributed by atoms with van der Waals surface area (Å²) in [7, 11) is -1.29. The summed E-state index contributed by atoms with van der Waals surface area (Å²) >= 11 is 0. The summed E-state index contributed by atoms with van der Waals surface area (Å²) < 4.78 is 17.0. The van der Waals surface area contributed by atoms with E-state index >= 15 is 0 Å². The van der Waals surface area contributed by atoms with E-state index in [0.717, 1.165) is 38.5 Å². The van der Waals surface area contributed by atoms with Gasteiger partial charge in [0.2, 0.25) is 0 Å². The van der Waals surface area contributed by atoms with Gasteiger partial charge in [0.15, 0.2) is 5.79 Å². The van der Waals surface area contributed by atoms with Crippen LogP contribution < -0.4 is 0 Å². The average molecular weight is 377 g/mol. The van der Waals surface area contributed by atoms with Crippen molar-refractivity contribution in [3.8, 4) is 11.5 Å². The molecule has 0 amide bonds. The smallest absolute Gasteiger partial charge is 0.308 e. The molecule has 1 atom stereocenters. The second-order valence-electron chi connectivity index (χ2n) is 8.25. The Kier molecular flexibility index (Phi) is 7.31. The number of carbonyl (C=O) groups is 1. The largest absolute Gasteiger partial charge is 0.423 e. The molecular formula is C21H32O4Si. The molecule has 1 spiro atoms. The van der Waals surface area contributed by atoms with Crippen LogP contribution in [-0.4, -0.2) is 33.0 Å². The number of hydrogen-bond donors (Lipinski definition) is 0. The van der Waals surface area contributed by atoms with E-state index in [1.165, 1.54) is 12.5 Å². The van der Waals surface area contributed by atoms with Gasteiger partial charge in [0, 0.05) is 33.1 Å². The maximum Gasteiger partial charge on any atom is 0.308 e. The van der Waals surface area contributed by atoms with Gasteiger partial charge in [-0.05, 0) is 30.8 Å². The van der Waals surface area contributed by atoms with E-state index in [2.05, 4.69) is 36.8 Å². The molecule has 2 aliphatic rings. The van der Waals surface area contributed by atoms with Gasteiger partial charge in [-0.2, -0.15) is 0 Å². The lowest BCUT2D eigenvalue weighted by molar-refractivity contribution is -0.180. The van der Waals surface area contributed by atoms with Crippen LogP contribution in [0.2, 0.25) is 19.6 Å². The van der Waals surface area contributed by atoms with Crippen molar-refractivity contribution in [2.45, 2.75) is 77.8 Å². The van der Waals surface area contributed by atoms with Crippen molar-refractivity contribution in [2.24, 2.45) is 5.92 Å². The van der Waals surface area contributed by atoms with Crippen molar-refractivity contribution in [1.82, 2.24) is 0 Å². The Bertz CT molecular complexity index is 635. The minimum Gasteiger partial charge on any atom is -0.423 e. The van der Waals surface area contributed by atoms with Crippen LogP contribution in [0.15, 0.2) is 17.1 Å². The van der Waals surface area contributed by atoms with Gasteiger partial charge >= 0.3 is 5.97 Å². The number of carbonyl (C=O) groups excluding carboxylic acids is 1. The molecule has 0 aromatic carbocycles. The third-order valence-electron chi connectivity index (χ3n) is 4.59. The highest BCUT2D eigenvalue weighted by Gasteiger charge is 2.42. The fourth-order valence-corrected chi connectivity index (χ4v) is 4.22. The molecule has 2 rings (SSSR count). The van der Waals surface area contributed by atoms with Gasteiger partial charge < -0.3 is 14.2 Å². The molecule has 2 fully saturated rings. The second kappa shape index (κ2) is 9.06. The summed E-state index contributed by atoms with van der Waals surface area (Å²) in [5.41, 5.74) is 7.96. The molecule has 1 saturated carbocycles. The number of esters is 1. The summed E-state index contributed by atoms with van der Waals surface area (Å²) in [5.74, 6) is 3.51. The minimum absolute atomic E-state index is 0.302. The van der Waals surface area contributed by atoms with E-state index in [4.69, 9.17) is 14.2 Å². The van der Waals surface area contributed by atoms with Crippen molar-refractivity contribution in [1.29, 1.82) is 0 Å². The molecule has 5 heteroatoms. The zero-order valence-electron chi connectivity index (χ0n) is 16.9. The van der Waals surface area contributed by atoms with E-state index in [-0.39, 0.29) is 5.97 Å². The molecular weight excluding hydrogens is 344 g/mol. The number of allylic oxidation sites excluding steroid dienone is 1. The van der Waals surface area contributed by atoms with Crippen molar-refractivity contribution >= 4 is 14.0 Å². The van der Waals surface area contributed by atoms with E-state index in [0.29, 0.717) is 24.9 Å². The molecule has 1 unspecified atom stereocenters. The van der Waals surface area contributed by atoms with Crippen LogP contribution in [0.4, 0.5) is 0 Å². The van der Waals surface area contributed by atoms with Crippen LogP contribution in [0.5, 0.6) is 0 Å². The molecule has 0 radical (unpaired) electrons. The van der Waals surface area contributed by atoms with Gasteiger partial charge in [0.25, 0.3) is 0 Å². The molecule has 0 N–H and O–H groups in total. The van der Waals surface area contributed by atoms with Gasteiger partial charge in [0.1, 0.15) is 13.8 Å². The number of hydrogen-bond acceptors (Lipinski definition) is 4. The monoisotopic (exact) mass is 376 g/mol. The molecule has 1 saturated heterocycles. The maximum atomic E-state index is 11.2. The number of rotatable bonds is 4. The molecule has 144 valence electrons. The molecule has 4 nitrogen and oxygen atoms in total. The Morgan fingerprint density at radius 1 is 1.27 bits per heavy atom. The van der Waals surface area contributed by atoms with Crippen LogP contribution >= 0.6 is 0 Å². The van der Waals surface area contributed by atoms with Gasteiger partial charge in [0.05, 0.1) is 13.2 Å². The molecule has 26 heavy (non-hydrogen) atoms. The van der Waals surface area contributed by atoms with E-state index in [9.17, 15) is 4.79 Å². The summed E-state index contributed by atoms with van der Waals surface area (Å²) in [4.78, 5) is 11.2. The number of ether oxygens (including phenoxy) is 3. The molecule has 0 bridgehead atoms. The van der Waals surface area contributed by atoms with Crippen LogP contribution in [-0.2, 0) is 19.0 Å². The minimum atomic E-state index is -1.29. The van der Waals surface area contributed by atoms with Gasteiger partial charge in [-0.3, -0.25) is 4.79 Å². The molecule has 1 aliphatic heterocycles. The van der Waals surface area contributed by atoms with Gasteiger partial charge in [-0.1, -0.05) is 25.4 Å². The Balaban J connectivity index is 2.07. The quantitative estimate of drug-likeness (QED) is 0.180. The molecule has 1 aliphatic carbocycles. The fourth-order valence-electron chi connectivity index (χ4n) is 3.56. The zero-order valence-corrected chi connectivity index (χ0v) is 17.9. The Morgan fingerprint density at radius 3 is 2.58 bits per heavy atom. The Morgan fingerprint density at radius 2 is 1.96 bits per heavy atom. The first-order valence-corrected chi connectivity index (χ1v) is 13.1. The first kappa shape index (κ1) is 21.0. The summed E-state index contributed by atoms with van der Waals surface area (Å²) in [6.07, 6.45) is 5.57. The van der Waals surface area contributed by atoms with Crippen molar-refractivity contribution in [3.63, 3.8) is 0 Å². The van der Waals surface area contributed by atoms with Crippen molar-refractivity contribution < 1.29 is 19.0 Å². The van der Waals surface area contributed by atoms with Crippen molar-refractivity contribution in [2.75, 3.05) is 13.2 Å². The van der Waals surface area contributed by atoms with E-state index < -0.39 is 13.9 Å². The van der Waals surface area contributed by atoms with Gasteiger partial charge in [-0.15, -0.1) is 11.5 Å². The Labute approximate surface area is 159 Å². The standard InChI is InChI=1S/C21H32O4Si/c1-17(25-18(2)22)15-19-10-11-21(23-12-13-24-21)16-20(19)9-7-6-8-14-26(3,4)5/h20H,6-7,9-13,16H2,1-5H3. The van der Waals surface area contributed by atoms with Crippen LogP contribution in [0, 0.1) is 17.4 Å². The van der Waals surface area contributed by atoms with Crippen LogP contribution in [0.1, 0.15) is 52.4 Å². The van der Waals surface area contributed by atoms with Crippen molar-refractivity contribution in [3.05, 3.63) is 17.1 Å². The number of unbranched alkanes of at least 4 members (excludes halogenated alkanes) is 1. The lowest BCUT2D eigenvalue weighted by Crippen LogP contribution is -2.37. The summed E-state index contributed by atoms with van der Waals surface area (Å²) in [6.45, 7) is 11.4. The lowest BCUT2D eigenvalue weighted by Gasteiger charge is -2.37. The normalized spacial score (nSPS) is 21.7. The highest BCUT2D eigenvalue weighted by atomic mass is 28.3. The predicted molar refractivity (Wildman–Crippen MR) is 105 cm³/mol. The Hall–Kier alpha value is -1.31. The fraction of sp³-hybridized carbons (Fsp3) is 0.714. The highest BCUT2D eigenvalue weighted by molar-refractivity contribution is 6.83. The first-order chi connectivity index (χ1) is 12.2. The topological polar surface area (TPSA) is 44.8 Å². The maximum absolute atomic E-state index is 11.2. The molecule has 0 aromatic rings. The summed E-state index contributed by atoms with van der Waals surface area (Å²) in [5, 5.41) is 0. The third kappa shape index (κ3) is 6.77. The first-order valence-electron chi connectivity index (χ1n) is 9.62. The van der Waals surface area contributed by atoms with Crippen LogP contribution in [0.25, 0.3) is 0 Å². The predicted octanol–water partition coefficient (Wildman–Crippen LogP) is 4.57. The molecule has 0 aromatic heterocycles. The van der Waals surface area contributed by atoms with E-state index in [1.807, 2.05) is 0 Å². The highest BCUT2D eigenvalue weighted by Crippen LogP contribution is 2.43. The zero-order chi connectivity index (χ0) is 19.2.